The highest BCUT2D eigenvalue weighted by atomic mass is 16.3. The van der Waals surface area contributed by atoms with Gasteiger partial charge in [0.1, 0.15) is 5.58 Å². The van der Waals surface area contributed by atoms with E-state index >= 15 is 0 Å². The van der Waals surface area contributed by atoms with Gasteiger partial charge in [-0.2, -0.15) is 0 Å². The molecular weight excluding hydrogens is 655 g/mol. The van der Waals surface area contributed by atoms with E-state index in [1.54, 1.807) is 0 Å². The Balaban J connectivity index is 1.18. The third-order valence-corrected chi connectivity index (χ3v) is 13.0. The average molecular weight is 692 g/mol. The zero-order valence-electron chi connectivity index (χ0n) is 30.8. The molecule has 0 bridgehead atoms. The molecule has 0 unspecified atom stereocenters. The lowest BCUT2D eigenvalue weighted by atomic mass is 9.80. The number of hydrogen-bond donors (Lipinski definition) is 0. The monoisotopic (exact) mass is 691 g/mol. The summed E-state index contributed by atoms with van der Waals surface area (Å²) in [6.07, 6.45) is 0. The lowest BCUT2D eigenvalue weighted by Gasteiger charge is -2.29. The third-order valence-electron chi connectivity index (χ3n) is 13.0. The minimum absolute atomic E-state index is 0.0651. The van der Waals surface area contributed by atoms with Crippen LogP contribution in [0.1, 0.15) is 49.9 Å². The Morgan fingerprint density at radius 2 is 1.07 bits per heavy atom. The fourth-order valence-electron chi connectivity index (χ4n) is 10.4. The lowest BCUT2D eigenvalue weighted by molar-refractivity contribution is 0.660. The molecule has 54 heavy (non-hydrogen) atoms. The zero-order chi connectivity index (χ0) is 36.1. The highest BCUT2D eigenvalue weighted by Gasteiger charge is 2.38. The number of fused-ring (bicyclic) bond motifs is 10. The van der Waals surface area contributed by atoms with Crippen LogP contribution in [-0.4, -0.2) is 0 Å². The predicted octanol–water partition coefficient (Wildman–Crippen LogP) is 14.6. The molecule has 0 amide bonds. The van der Waals surface area contributed by atoms with Gasteiger partial charge < -0.3 is 9.32 Å². The number of rotatable bonds is 3. The first kappa shape index (κ1) is 30.1. The average Bonchev–Trinajstić information content (AvgIpc) is 3.77. The summed E-state index contributed by atoms with van der Waals surface area (Å²) in [6, 6.07) is 56.5. The van der Waals surface area contributed by atoms with E-state index in [-0.39, 0.29) is 10.8 Å². The molecule has 1 aromatic heterocycles. The highest BCUT2D eigenvalue weighted by Crippen LogP contribution is 2.56. The Labute approximate surface area is 314 Å². The molecular formula is C52H37NO. The van der Waals surface area contributed by atoms with Crippen LogP contribution in [0.5, 0.6) is 0 Å². The molecule has 0 fully saturated rings. The van der Waals surface area contributed by atoms with Gasteiger partial charge in [-0.15, -0.1) is 0 Å². The minimum Gasteiger partial charge on any atom is -0.454 e. The number of anilines is 3. The van der Waals surface area contributed by atoms with Crippen LogP contribution in [0, 0.1) is 0 Å². The van der Waals surface area contributed by atoms with E-state index in [1.807, 2.05) is 0 Å². The van der Waals surface area contributed by atoms with Crippen molar-refractivity contribution in [2.75, 3.05) is 4.90 Å². The molecule has 0 spiro atoms. The van der Waals surface area contributed by atoms with Crippen LogP contribution < -0.4 is 4.90 Å². The van der Waals surface area contributed by atoms with Crippen molar-refractivity contribution in [1.29, 1.82) is 0 Å². The van der Waals surface area contributed by atoms with Gasteiger partial charge >= 0.3 is 0 Å². The molecule has 2 nitrogen and oxygen atoms in total. The number of hydrogen-bond acceptors (Lipinski definition) is 2. The molecule has 2 aliphatic rings. The molecule has 10 aromatic rings. The largest absolute Gasteiger partial charge is 0.454 e. The highest BCUT2D eigenvalue weighted by molar-refractivity contribution is 6.29. The van der Waals surface area contributed by atoms with E-state index in [2.05, 4.69) is 184 Å². The molecule has 0 aliphatic heterocycles. The van der Waals surface area contributed by atoms with Crippen LogP contribution in [-0.2, 0) is 10.8 Å². The summed E-state index contributed by atoms with van der Waals surface area (Å²) in [6.45, 7) is 9.45. The van der Waals surface area contributed by atoms with Crippen molar-refractivity contribution in [2.45, 2.75) is 38.5 Å². The Kier molecular flexibility index (Phi) is 5.68. The second-order valence-electron chi connectivity index (χ2n) is 16.5. The zero-order valence-corrected chi connectivity index (χ0v) is 30.8. The van der Waals surface area contributed by atoms with E-state index in [9.17, 15) is 0 Å². The maximum absolute atomic E-state index is 6.78. The normalized spacial score (nSPS) is 15.0. The summed E-state index contributed by atoms with van der Waals surface area (Å²) in [4.78, 5) is 2.45. The molecule has 0 atom stereocenters. The van der Waals surface area contributed by atoms with Gasteiger partial charge in [0.15, 0.2) is 5.58 Å². The number of furan rings is 1. The Morgan fingerprint density at radius 3 is 1.94 bits per heavy atom. The van der Waals surface area contributed by atoms with E-state index in [0.717, 1.165) is 39.0 Å². The summed E-state index contributed by atoms with van der Waals surface area (Å²) in [5.74, 6) is 0. The van der Waals surface area contributed by atoms with Crippen molar-refractivity contribution in [3.8, 4) is 22.3 Å². The Hall–Kier alpha value is -6.38. The smallest absolute Gasteiger partial charge is 0.159 e. The van der Waals surface area contributed by atoms with E-state index in [0.29, 0.717) is 0 Å². The maximum atomic E-state index is 6.78. The van der Waals surface area contributed by atoms with Gasteiger partial charge in [0.25, 0.3) is 0 Å². The van der Waals surface area contributed by atoms with Gasteiger partial charge in [0, 0.05) is 32.7 Å². The van der Waals surface area contributed by atoms with Gasteiger partial charge in [0.2, 0.25) is 0 Å². The number of benzene rings is 9. The van der Waals surface area contributed by atoms with Gasteiger partial charge in [0.05, 0.1) is 11.4 Å². The molecule has 9 aromatic carbocycles. The van der Waals surface area contributed by atoms with Gasteiger partial charge in [-0.25, -0.2) is 0 Å². The van der Waals surface area contributed by atoms with Crippen LogP contribution in [0.15, 0.2) is 156 Å². The second-order valence-corrected chi connectivity index (χ2v) is 16.5. The maximum Gasteiger partial charge on any atom is 0.159 e. The predicted molar refractivity (Wildman–Crippen MR) is 227 cm³/mol. The minimum atomic E-state index is -0.0749. The van der Waals surface area contributed by atoms with Crippen LogP contribution in [0.4, 0.5) is 17.1 Å². The first-order valence-corrected chi connectivity index (χ1v) is 19.1. The molecule has 12 rings (SSSR count). The fraction of sp³-hybridized carbons (Fsp3) is 0.115. The van der Waals surface area contributed by atoms with E-state index < -0.39 is 0 Å². The second kappa shape index (κ2) is 10.2. The summed E-state index contributed by atoms with van der Waals surface area (Å²) in [5.41, 5.74) is 15.8. The van der Waals surface area contributed by atoms with Crippen LogP contribution in [0.25, 0.3) is 76.5 Å². The molecule has 2 aliphatic carbocycles. The lowest BCUT2D eigenvalue weighted by Crippen LogP contribution is -2.15. The van der Waals surface area contributed by atoms with Crippen molar-refractivity contribution < 1.29 is 4.42 Å². The summed E-state index contributed by atoms with van der Waals surface area (Å²) >= 11 is 0. The SMILES string of the molecule is CC1(C)c2ccccc2-c2cc(N(c3ccc4ccc5c6c(cc7ccc3c4c75)C(C)(C)c3ccccc3-6)c3cccc4c3oc3ccccc34)ccc21. The topological polar surface area (TPSA) is 16.4 Å². The van der Waals surface area contributed by atoms with Crippen molar-refractivity contribution >= 4 is 71.3 Å². The first-order chi connectivity index (χ1) is 26.3. The molecule has 2 heteroatoms. The molecule has 0 saturated heterocycles. The fourth-order valence-corrected chi connectivity index (χ4v) is 10.4. The quantitative estimate of drug-likeness (QED) is 0.172. The number of nitrogens with zero attached hydrogens (tertiary/aromatic N) is 1. The molecule has 0 N–H and O–H groups in total. The molecule has 0 radical (unpaired) electrons. The van der Waals surface area contributed by atoms with Gasteiger partial charge in [-0.05, 0) is 108 Å². The Morgan fingerprint density at radius 1 is 0.426 bits per heavy atom. The summed E-state index contributed by atoms with van der Waals surface area (Å²) < 4.78 is 6.78. The van der Waals surface area contributed by atoms with Gasteiger partial charge in [-0.1, -0.05) is 143 Å². The standard InChI is InChI=1S/C52H37NO/c1-51(2)40-16-8-5-12-33(40)39-29-32(23-26-42(39)51)53(45-18-11-15-35-34-13-7-10-19-46(34)54-50(35)45)44-27-22-30-20-25-38-48-31(21-24-37(44)47(30)48)28-43-49(38)36-14-6-9-17-41(36)52(43,3)4/h5-29H,1-4H3. The van der Waals surface area contributed by atoms with Crippen molar-refractivity contribution in [3.05, 3.63) is 174 Å². The van der Waals surface area contributed by atoms with Crippen LogP contribution in [0.3, 0.4) is 0 Å². The Bertz CT molecular complexity index is 3230. The third kappa shape index (κ3) is 3.70. The van der Waals surface area contributed by atoms with Crippen molar-refractivity contribution in [2.24, 2.45) is 0 Å². The van der Waals surface area contributed by atoms with E-state index in [1.165, 1.54) is 76.8 Å². The van der Waals surface area contributed by atoms with Crippen LogP contribution >= 0.6 is 0 Å². The van der Waals surface area contributed by atoms with E-state index in [4.69, 9.17) is 4.42 Å². The van der Waals surface area contributed by atoms with Crippen LogP contribution in [0.2, 0.25) is 0 Å². The molecule has 256 valence electrons. The summed E-state index contributed by atoms with van der Waals surface area (Å²) in [5, 5.41) is 10.0. The van der Waals surface area contributed by atoms with Crippen molar-refractivity contribution in [1.82, 2.24) is 0 Å². The molecule has 1 heterocycles. The summed E-state index contributed by atoms with van der Waals surface area (Å²) in [7, 11) is 0. The number of para-hydroxylation sites is 2. The first-order valence-electron chi connectivity index (χ1n) is 19.1. The van der Waals surface area contributed by atoms with Crippen molar-refractivity contribution in [3.63, 3.8) is 0 Å². The molecule has 0 saturated carbocycles. The van der Waals surface area contributed by atoms with Gasteiger partial charge in [-0.3, -0.25) is 0 Å².